The molecule has 0 unspecified atom stereocenters. The normalized spacial score (nSPS) is 14.8. The van der Waals surface area contributed by atoms with Crippen molar-refractivity contribution >= 4 is 16.7 Å². The van der Waals surface area contributed by atoms with Gasteiger partial charge < -0.3 is 10.7 Å². The summed E-state index contributed by atoms with van der Waals surface area (Å²) in [5.74, 6) is 1.50. The molecule has 0 saturated heterocycles. The highest BCUT2D eigenvalue weighted by Gasteiger charge is 2.27. The Bertz CT molecular complexity index is 794. The van der Waals surface area contributed by atoms with Crippen LogP contribution in [0.1, 0.15) is 29.9 Å². The molecule has 2 heteroatoms. The van der Waals surface area contributed by atoms with Crippen molar-refractivity contribution in [3.8, 4) is 11.1 Å². The third-order valence-corrected chi connectivity index (χ3v) is 4.23. The maximum absolute atomic E-state index is 6.27. The Balaban J connectivity index is 2.02. The predicted molar refractivity (Wildman–Crippen MR) is 84.9 cm³/mol. The molecular formula is C18H18N2. The fourth-order valence-corrected chi connectivity index (χ4v) is 3.09. The highest BCUT2D eigenvalue weighted by Crippen LogP contribution is 2.46. The average molecular weight is 262 g/mol. The molecule has 4 rings (SSSR count). The van der Waals surface area contributed by atoms with E-state index < -0.39 is 0 Å². The number of aryl methyl sites for hydroxylation is 1. The van der Waals surface area contributed by atoms with Gasteiger partial charge in [-0.25, -0.2) is 0 Å². The van der Waals surface area contributed by atoms with Crippen LogP contribution in [0, 0.1) is 6.92 Å². The monoisotopic (exact) mass is 262 g/mol. The Morgan fingerprint density at radius 1 is 1.10 bits per heavy atom. The summed E-state index contributed by atoms with van der Waals surface area (Å²) in [5, 5.41) is 1.23. The second-order valence-electron chi connectivity index (χ2n) is 5.82. The lowest BCUT2D eigenvalue weighted by atomic mass is 9.95. The molecule has 1 heterocycles. The summed E-state index contributed by atoms with van der Waals surface area (Å²) in [4.78, 5) is 3.32. The summed E-state index contributed by atoms with van der Waals surface area (Å²) >= 11 is 0. The van der Waals surface area contributed by atoms with E-state index >= 15 is 0 Å². The van der Waals surface area contributed by atoms with Crippen LogP contribution in [-0.2, 0) is 0 Å². The molecule has 1 aromatic heterocycles. The number of anilines is 1. The third-order valence-electron chi connectivity index (χ3n) is 4.23. The van der Waals surface area contributed by atoms with Gasteiger partial charge in [0.2, 0.25) is 0 Å². The molecule has 0 radical (unpaired) electrons. The van der Waals surface area contributed by atoms with Crippen LogP contribution in [0.3, 0.4) is 0 Å². The molecule has 1 fully saturated rings. The molecule has 0 amide bonds. The maximum Gasteiger partial charge on any atom is 0.109 e. The smallest absolute Gasteiger partial charge is 0.109 e. The summed E-state index contributed by atoms with van der Waals surface area (Å²) < 4.78 is 0. The van der Waals surface area contributed by atoms with E-state index in [1.807, 2.05) is 0 Å². The van der Waals surface area contributed by atoms with Gasteiger partial charge in [-0.1, -0.05) is 35.9 Å². The number of fused-ring (bicyclic) bond motifs is 1. The van der Waals surface area contributed by atoms with Crippen LogP contribution in [0.4, 0.5) is 5.82 Å². The molecule has 3 aromatic rings. The summed E-state index contributed by atoms with van der Waals surface area (Å²) in [5.41, 5.74) is 12.6. The lowest BCUT2D eigenvalue weighted by Crippen LogP contribution is -1.91. The van der Waals surface area contributed by atoms with Gasteiger partial charge in [0.05, 0.1) is 0 Å². The highest BCUT2D eigenvalue weighted by molar-refractivity contribution is 6.02. The molecule has 20 heavy (non-hydrogen) atoms. The molecule has 1 aliphatic rings. The van der Waals surface area contributed by atoms with E-state index in [1.54, 1.807) is 0 Å². The number of rotatable bonds is 2. The molecule has 0 aliphatic heterocycles. The van der Waals surface area contributed by atoms with Crippen molar-refractivity contribution in [1.29, 1.82) is 0 Å². The largest absolute Gasteiger partial charge is 0.385 e. The Labute approximate surface area is 118 Å². The van der Waals surface area contributed by atoms with Crippen LogP contribution in [-0.4, -0.2) is 4.98 Å². The van der Waals surface area contributed by atoms with E-state index in [9.17, 15) is 0 Å². The van der Waals surface area contributed by atoms with Crippen LogP contribution in [0.2, 0.25) is 0 Å². The lowest BCUT2D eigenvalue weighted by Gasteiger charge is -2.09. The van der Waals surface area contributed by atoms with E-state index in [4.69, 9.17) is 5.73 Å². The van der Waals surface area contributed by atoms with Gasteiger partial charge in [0.25, 0.3) is 0 Å². The fraction of sp³-hybridized carbons (Fsp3) is 0.222. The molecular weight excluding hydrogens is 244 g/mol. The zero-order chi connectivity index (χ0) is 13.7. The van der Waals surface area contributed by atoms with E-state index in [2.05, 4.69) is 54.4 Å². The predicted octanol–water partition coefficient (Wildman–Crippen LogP) is 4.60. The number of nitrogens with one attached hydrogen (secondary N) is 1. The first-order valence-electron chi connectivity index (χ1n) is 7.21. The number of hydrogen-bond donors (Lipinski definition) is 2. The molecule has 100 valence electrons. The molecule has 3 N–H and O–H groups in total. The number of nitrogen functional groups attached to an aromatic ring is 1. The van der Waals surface area contributed by atoms with Crippen LogP contribution >= 0.6 is 0 Å². The quantitative estimate of drug-likeness (QED) is 0.696. The Kier molecular flexibility index (Phi) is 2.40. The summed E-state index contributed by atoms with van der Waals surface area (Å²) in [6, 6.07) is 15.2. The first kappa shape index (κ1) is 11.6. The van der Waals surface area contributed by atoms with Gasteiger partial charge in [0, 0.05) is 16.5 Å². The molecule has 1 saturated carbocycles. The van der Waals surface area contributed by atoms with Crippen LogP contribution in [0.15, 0.2) is 42.5 Å². The number of H-pyrrole nitrogens is 1. The van der Waals surface area contributed by atoms with E-state index in [1.165, 1.54) is 40.5 Å². The van der Waals surface area contributed by atoms with Gasteiger partial charge in [-0.05, 0) is 48.9 Å². The number of aromatic amines is 1. The SMILES string of the molecule is Cc1ccc2[nH]c(N)c(-c3ccccc3C3CC3)c2c1. The molecule has 0 spiro atoms. The van der Waals surface area contributed by atoms with Crippen molar-refractivity contribution < 1.29 is 0 Å². The first-order valence-corrected chi connectivity index (χ1v) is 7.21. The van der Waals surface area contributed by atoms with E-state index in [0.717, 1.165) is 17.3 Å². The standard InChI is InChI=1S/C18H18N2/c1-11-6-9-16-15(10-11)17(18(19)20-16)14-5-3-2-4-13(14)12-7-8-12/h2-6,9-10,12,20H,7-8,19H2,1H3. The van der Waals surface area contributed by atoms with Gasteiger partial charge in [-0.15, -0.1) is 0 Å². The second-order valence-corrected chi connectivity index (χ2v) is 5.82. The molecule has 0 atom stereocenters. The lowest BCUT2D eigenvalue weighted by molar-refractivity contribution is 1.13. The third kappa shape index (κ3) is 1.72. The summed E-state index contributed by atoms with van der Waals surface area (Å²) in [6.45, 7) is 2.12. The number of hydrogen-bond acceptors (Lipinski definition) is 1. The van der Waals surface area contributed by atoms with Crippen molar-refractivity contribution in [1.82, 2.24) is 4.98 Å². The molecule has 2 nitrogen and oxygen atoms in total. The van der Waals surface area contributed by atoms with Gasteiger partial charge >= 0.3 is 0 Å². The van der Waals surface area contributed by atoms with Crippen molar-refractivity contribution in [3.05, 3.63) is 53.6 Å². The van der Waals surface area contributed by atoms with E-state index in [0.29, 0.717) is 0 Å². The van der Waals surface area contributed by atoms with Crippen molar-refractivity contribution in [2.24, 2.45) is 0 Å². The average Bonchev–Trinajstić information content (AvgIpc) is 3.23. The molecule has 2 aromatic carbocycles. The zero-order valence-electron chi connectivity index (χ0n) is 11.6. The number of benzene rings is 2. The minimum atomic E-state index is 0.723. The zero-order valence-corrected chi connectivity index (χ0v) is 11.6. The minimum absolute atomic E-state index is 0.723. The summed E-state index contributed by atoms with van der Waals surface area (Å²) in [7, 11) is 0. The van der Waals surface area contributed by atoms with Gasteiger partial charge in [-0.2, -0.15) is 0 Å². The van der Waals surface area contributed by atoms with Gasteiger partial charge in [-0.3, -0.25) is 0 Å². The van der Waals surface area contributed by atoms with Crippen LogP contribution in [0.5, 0.6) is 0 Å². The van der Waals surface area contributed by atoms with Gasteiger partial charge in [0.15, 0.2) is 0 Å². The first-order chi connectivity index (χ1) is 9.74. The van der Waals surface area contributed by atoms with Crippen molar-refractivity contribution in [2.45, 2.75) is 25.7 Å². The molecule has 1 aliphatic carbocycles. The fourth-order valence-electron chi connectivity index (χ4n) is 3.09. The number of aromatic nitrogens is 1. The molecule has 0 bridgehead atoms. The Hall–Kier alpha value is -2.22. The maximum atomic E-state index is 6.27. The van der Waals surface area contributed by atoms with Crippen molar-refractivity contribution in [3.63, 3.8) is 0 Å². The van der Waals surface area contributed by atoms with Crippen LogP contribution < -0.4 is 5.73 Å². The highest BCUT2D eigenvalue weighted by atomic mass is 14.9. The second kappa shape index (κ2) is 4.14. The van der Waals surface area contributed by atoms with E-state index in [-0.39, 0.29) is 0 Å². The Morgan fingerprint density at radius 2 is 1.90 bits per heavy atom. The van der Waals surface area contributed by atoms with Crippen molar-refractivity contribution in [2.75, 3.05) is 5.73 Å². The van der Waals surface area contributed by atoms with Gasteiger partial charge in [0.1, 0.15) is 5.82 Å². The topological polar surface area (TPSA) is 41.8 Å². The number of nitrogens with two attached hydrogens (primary N) is 1. The Morgan fingerprint density at radius 3 is 2.70 bits per heavy atom. The summed E-state index contributed by atoms with van der Waals surface area (Å²) in [6.07, 6.45) is 2.61. The minimum Gasteiger partial charge on any atom is -0.385 e. The van der Waals surface area contributed by atoms with Crippen LogP contribution in [0.25, 0.3) is 22.0 Å².